The lowest BCUT2D eigenvalue weighted by molar-refractivity contribution is 0.0640. The van der Waals surface area contributed by atoms with Crippen molar-refractivity contribution in [1.29, 1.82) is 0 Å². The molecule has 2 N–H and O–H groups in total. The standard InChI is InChI=1S/C34H32N8O4/c43-30(35-33-36-38-39-37-33)24-10-8-21(9-11-24)19-40(25-14-12-23(13-15-25)22-4-2-1-3-5-22)34(46)41-28-17-16-26-29(27(28)18-20-6-7-20)32(45)42(41)31(26)44/h8-17,20,22H,1-7,18-19H2,(H2,35,36,37,38,39,43). The number of hydrazine groups is 1. The number of fused-ring (bicyclic) bond motifs is 2. The van der Waals surface area contributed by atoms with Crippen LogP contribution in [0.1, 0.15) is 98.6 Å². The lowest BCUT2D eigenvalue weighted by Gasteiger charge is -2.37. The first-order valence-electron chi connectivity index (χ1n) is 15.9. The maximum Gasteiger partial charge on any atom is 0.348 e. The molecule has 4 aliphatic rings. The van der Waals surface area contributed by atoms with Gasteiger partial charge in [-0.3, -0.25) is 24.6 Å². The van der Waals surface area contributed by atoms with Crippen molar-refractivity contribution in [3.8, 4) is 0 Å². The van der Waals surface area contributed by atoms with E-state index in [9.17, 15) is 19.2 Å². The Morgan fingerprint density at radius 3 is 2.35 bits per heavy atom. The average Bonchev–Trinajstić information content (AvgIpc) is 3.74. The highest BCUT2D eigenvalue weighted by Crippen LogP contribution is 2.45. The Labute approximate surface area is 264 Å². The number of amides is 5. The van der Waals surface area contributed by atoms with Gasteiger partial charge in [-0.1, -0.05) is 48.6 Å². The number of H-pyrrole nitrogens is 1. The number of anilines is 3. The van der Waals surface area contributed by atoms with Gasteiger partial charge in [-0.2, -0.15) is 15.2 Å². The molecule has 3 bridgehead atoms. The molecule has 3 aromatic carbocycles. The molecule has 46 heavy (non-hydrogen) atoms. The number of aromatic amines is 1. The van der Waals surface area contributed by atoms with E-state index in [1.165, 1.54) is 29.8 Å². The van der Waals surface area contributed by atoms with E-state index in [1.54, 1.807) is 41.3 Å². The van der Waals surface area contributed by atoms with E-state index < -0.39 is 23.8 Å². The van der Waals surface area contributed by atoms with Crippen molar-refractivity contribution in [3.63, 3.8) is 0 Å². The molecule has 1 aromatic heterocycles. The number of imide groups is 1. The molecule has 8 rings (SSSR count). The zero-order chi connectivity index (χ0) is 31.4. The molecule has 4 aromatic rings. The minimum Gasteiger partial charge on any atom is -0.288 e. The fourth-order valence-electron chi connectivity index (χ4n) is 6.94. The Morgan fingerprint density at radius 2 is 1.65 bits per heavy atom. The van der Waals surface area contributed by atoms with Crippen molar-refractivity contribution in [2.75, 3.05) is 15.2 Å². The van der Waals surface area contributed by atoms with Gasteiger partial charge in [-0.05, 0) is 102 Å². The monoisotopic (exact) mass is 616 g/mol. The Bertz CT molecular complexity index is 1850. The lowest BCUT2D eigenvalue weighted by atomic mass is 9.84. The normalized spacial score (nSPS) is 17.1. The van der Waals surface area contributed by atoms with Crippen LogP contribution in [0.25, 0.3) is 0 Å². The second-order valence-electron chi connectivity index (χ2n) is 12.5. The number of carbonyl (C=O) groups excluding carboxylic acids is 4. The molecule has 12 nitrogen and oxygen atoms in total. The fourth-order valence-corrected chi connectivity index (χ4v) is 6.94. The smallest absolute Gasteiger partial charge is 0.288 e. The molecular formula is C34H32N8O4. The first-order chi connectivity index (χ1) is 22.5. The minimum absolute atomic E-state index is 0.0622. The maximum absolute atomic E-state index is 14.7. The van der Waals surface area contributed by atoms with E-state index in [-0.39, 0.29) is 12.5 Å². The van der Waals surface area contributed by atoms with Crippen molar-refractivity contribution in [2.24, 2.45) is 5.92 Å². The van der Waals surface area contributed by atoms with Crippen molar-refractivity contribution in [2.45, 2.75) is 63.8 Å². The molecule has 0 spiro atoms. The van der Waals surface area contributed by atoms with E-state index in [0.29, 0.717) is 46.3 Å². The largest absolute Gasteiger partial charge is 0.348 e. The highest BCUT2D eigenvalue weighted by molar-refractivity contribution is 6.28. The summed E-state index contributed by atoms with van der Waals surface area (Å²) < 4.78 is 0. The number of urea groups is 1. The van der Waals surface area contributed by atoms with Gasteiger partial charge < -0.3 is 0 Å². The van der Waals surface area contributed by atoms with Crippen molar-refractivity contribution in [1.82, 2.24) is 25.6 Å². The van der Waals surface area contributed by atoms with Crippen molar-refractivity contribution >= 4 is 41.1 Å². The van der Waals surface area contributed by atoms with Crippen molar-refractivity contribution in [3.05, 3.63) is 94.0 Å². The maximum atomic E-state index is 14.7. The van der Waals surface area contributed by atoms with E-state index in [4.69, 9.17) is 0 Å². The van der Waals surface area contributed by atoms with Crippen LogP contribution in [0.15, 0.2) is 60.7 Å². The number of nitrogens with zero attached hydrogens (tertiary/aromatic N) is 6. The van der Waals surface area contributed by atoms with Crippen LogP contribution in [-0.2, 0) is 13.0 Å². The van der Waals surface area contributed by atoms with Gasteiger partial charge in [-0.25, -0.2) is 4.79 Å². The van der Waals surface area contributed by atoms with Gasteiger partial charge in [0.2, 0.25) is 0 Å². The summed E-state index contributed by atoms with van der Waals surface area (Å²) in [6.07, 6.45) is 8.83. The zero-order valence-electron chi connectivity index (χ0n) is 25.1. The van der Waals surface area contributed by atoms with Gasteiger partial charge in [0.1, 0.15) is 0 Å². The Morgan fingerprint density at radius 1 is 0.891 bits per heavy atom. The molecule has 2 saturated carbocycles. The topological polar surface area (TPSA) is 144 Å². The Hall–Kier alpha value is -5.39. The molecule has 0 radical (unpaired) electrons. The van der Waals surface area contributed by atoms with Crippen LogP contribution in [0, 0.1) is 5.92 Å². The Balaban J connectivity index is 1.13. The van der Waals surface area contributed by atoms with Crippen LogP contribution in [0.4, 0.5) is 22.1 Å². The third kappa shape index (κ3) is 4.90. The van der Waals surface area contributed by atoms with Gasteiger partial charge >= 0.3 is 6.03 Å². The zero-order valence-corrected chi connectivity index (χ0v) is 25.1. The highest BCUT2D eigenvalue weighted by atomic mass is 16.2. The number of tetrazole rings is 1. The van der Waals surface area contributed by atoms with Crippen LogP contribution in [0.5, 0.6) is 0 Å². The number of aromatic nitrogens is 4. The summed E-state index contributed by atoms with van der Waals surface area (Å²) in [5.74, 6) is -0.303. The molecule has 0 atom stereocenters. The average molecular weight is 617 g/mol. The fraction of sp³-hybridized carbons (Fsp3) is 0.324. The van der Waals surface area contributed by atoms with Crippen LogP contribution in [0.2, 0.25) is 0 Å². The molecule has 2 aliphatic heterocycles. The molecule has 2 aliphatic carbocycles. The summed E-state index contributed by atoms with van der Waals surface area (Å²) in [5, 5.41) is 18.1. The third-order valence-corrected chi connectivity index (χ3v) is 9.56. The highest BCUT2D eigenvalue weighted by Gasteiger charge is 2.50. The summed E-state index contributed by atoms with van der Waals surface area (Å²) in [6, 6.07) is 17.9. The van der Waals surface area contributed by atoms with Gasteiger partial charge in [0, 0.05) is 11.3 Å². The number of nitrogens with one attached hydrogen (secondary N) is 2. The van der Waals surface area contributed by atoms with Crippen molar-refractivity contribution < 1.29 is 19.2 Å². The summed E-state index contributed by atoms with van der Waals surface area (Å²) in [5.41, 5.74) is 5.20. The number of benzene rings is 3. The lowest BCUT2D eigenvalue weighted by Crippen LogP contribution is -2.56. The molecule has 2 fully saturated rings. The second kappa shape index (κ2) is 11.2. The van der Waals surface area contributed by atoms with E-state index in [1.807, 2.05) is 12.1 Å². The summed E-state index contributed by atoms with van der Waals surface area (Å²) in [4.78, 5) is 56.0. The molecule has 0 unspecified atom stereocenters. The van der Waals surface area contributed by atoms with Crippen LogP contribution >= 0.6 is 0 Å². The van der Waals surface area contributed by atoms with Gasteiger partial charge in [0.15, 0.2) is 0 Å². The number of carbonyl (C=O) groups is 4. The SMILES string of the molecule is O=C(Nc1nn[nH]n1)c1ccc(CN(C(=O)N2c3ccc4c(c3CC3CC3)C(=O)N2C4=O)c2ccc(C3CCCCC3)cc2)cc1. The molecular weight excluding hydrogens is 584 g/mol. The third-order valence-electron chi connectivity index (χ3n) is 9.56. The first-order valence-corrected chi connectivity index (χ1v) is 15.9. The van der Waals surface area contributed by atoms with E-state index in [0.717, 1.165) is 41.8 Å². The molecule has 232 valence electrons. The number of hydrogen-bond acceptors (Lipinski definition) is 7. The molecule has 5 amide bonds. The molecule has 0 saturated heterocycles. The number of hydrogen-bond donors (Lipinski definition) is 2. The number of rotatable bonds is 8. The van der Waals surface area contributed by atoms with Gasteiger partial charge in [0.05, 0.1) is 23.4 Å². The van der Waals surface area contributed by atoms with E-state index in [2.05, 4.69) is 38.1 Å². The van der Waals surface area contributed by atoms with E-state index >= 15 is 0 Å². The van der Waals surface area contributed by atoms with Crippen LogP contribution in [-0.4, -0.2) is 49.4 Å². The summed E-state index contributed by atoms with van der Waals surface area (Å²) in [7, 11) is 0. The predicted molar refractivity (Wildman–Crippen MR) is 168 cm³/mol. The second-order valence-corrected chi connectivity index (χ2v) is 12.5. The Kier molecular flexibility index (Phi) is 6.84. The van der Waals surface area contributed by atoms with Crippen LogP contribution in [0.3, 0.4) is 0 Å². The minimum atomic E-state index is -0.499. The predicted octanol–water partition coefficient (Wildman–Crippen LogP) is 5.61. The first kappa shape index (κ1) is 28.1. The summed E-state index contributed by atoms with van der Waals surface area (Å²) in [6.45, 7) is 0.142. The molecule has 12 heteroatoms. The molecule has 3 heterocycles. The quantitative estimate of drug-likeness (QED) is 0.245. The van der Waals surface area contributed by atoms with Crippen LogP contribution < -0.4 is 15.2 Å². The summed E-state index contributed by atoms with van der Waals surface area (Å²) >= 11 is 0. The van der Waals surface area contributed by atoms with Gasteiger partial charge in [-0.15, -0.1) is 5.10 Å². The van der Waals surface area contributed by atoms with Gasteiger partial charge in [0.25, 0.3) is 23.7 Å².